The lowest BCUT2D eigenvalue weighted by Gasteiger charge is -2.05. The van der Waals surface area contributed by atoms with Gasteiger partial charge >= 0.3 is 5.97 Å². The van der Waals surface area contributed by atoms with Crippen molar-refractivity contribution in [1.82, 2.24) is 0 Å². The van der Waals surface area contributed by atoms with E-state index in [0.29, 0.717) is 0 Å². The molecule has 1 aromatic carbocycles. The molecule has 0 spiro atoms. The van der Waals surface area contributed by atoms with Crippen molar-refractivity contribution in [2.75, 3.05) is 12.3 Å². The quantitative estimate of drug-likeness (QED) is 0.347. The monoisotopic (exact) mass is 235 g/mol. The van der Waals surface area contributed by atoms with Crippen LogP contribution in [0.4, 0.5) is 5.69 Å². The first kappa shape index (κ1) is 12.8. The number of carbonyl (C=O) groups is 2. The number of benzene rings is 1. The van der Waals surface area contributed by atoms with Crippen LogP contribution >= 0.6 is 0 Å². The predicted molar refractivity (Wildman–Crippen MR) is 62.6 cm³/mol. The fraction of sp³-hybridized carbons (Fsp3) is 0.167. The average Bonchev–Trinajstić information content (AvgIpc) is 2.32. The molecular formula is C12H13NO4. The van der Waals surface area contributed by atoms with Crippen molar-refractivity contribution in [1.29, 1.82) is 0 Å². The van der Waals surface area contributed by atoms with E-state index in [9.17, 15) is 14.7 Å². The first-order valence-corrected chi connectivity index (χ1v) is 4.95. The maximum atomic E-state index is 11.5. The third kappa shape index (κ3) is 3.64. The number of nitrogen functional groups attached to an aromatic ring is 1. The molecule has 3 N–H and O–H groups in total. The number of hydrogen-bond donors (Lipinski definition) is 2. The summed E-state index contributed by atoms with van der Waals surface area (Å²) in [6.07, 6.45) is 1.26. The number of hydrogen-bond acceptors (Lipinski definition) is 5. The number of allylic oxidation sites excluding steroid dienone is 1. The van der Waals surface area contributed by atoms with E-state index in [0.717, 1.165) is 0 Å². The van der Waals surface area contributed by atoms with Crippen LogP contribution in [0.15, 0.2) is 30.9 Å². The highest BCUT2D eigenvalue weighted by atomic mass is 16.5. The van der Waals surface area contributed by atoms with Crippen molar-refractivity contribution in [3.63, 3.8) is 0 Å². The summed E-state index contributed by atoms with van der Waals surface area (Å²) >= 11 is 0. The zero-order chi connectivity index (χ0) is 12.8. The summed E-state index contributed by atoms with van der Waals surface area (Å²) in [7, 11) is 0. The summed E-state index contributed by atoms with van der Waals surface area (Å²) in [5.74, 6) is -0.989. The van der Waals surface area contributed by atoms with Gasteiger partial charge in [-0.15, -0.1) is 0 Å². The first-order valence-electron chi connectivity index (χ1n) is 4.95. The van der Waals surface area contributed by atoms with Crippen LogP contribution in [0.1, 0.15) is 16.8 Å². The van der Waals surface area contributed by atoms with E-state index >= 15 is 0 Å². The van der Waals surface area contributed by atoms with Crippen molar-refractivity contribution >= 4 is 17.4 Å². The molecule has 0 unspecified atom stereocenters. The van der Waals surface area contributed by atoms with E-state index < -0.39 is 5.97 Å². The van der Waals surface area contributed by atoms with Gasteiger partial charge in [0.05, 0.1) is 17.9 Å². The first-order chi connectivity index (χ1) is 8.04. The molecule has 5 nitrogen and oxygen atoms in total. The van der Waals surface area contributed by atoms with Gasteiger partial charge in [-0.1, -0.05) is 6.58 Å². The molecule has 0 fully saturated rings. The maximum Gasteiger partial charge on any atom is 0.338 e. The molecule has 0 saturated carbocycles. The third-order valence-electron chi connectivity index (χ3n) is 2.08. The Labute approximate surface area is 98.5 Å². The zero-order valence-electron chi connectivity index (χ0n) is 9.18. The third-order valence-corrected chi connectivity index (χ3v) is 2.08. The van der Waals surface area contributed by atoms with Gasteiger partial charge in [-0.3, -0.25) is 4.79 Å². The van der Waals surface area contributed by atoms with E-state index in [-0.39, 0.29) is 35.8 Å². The highest BCUT2D eigenvalue weighted by Gasteiger charge is 2.09. The minimum absolute atomic E-state index is 0.0190. The Kier molecular flexibility index (Phi) is 4.28. The lowest BCUT2D eigenvalue weighted by Crippen LogP contribution is -2.09. The summed E-state index contributed by atoms with van der Waals surface area (Å²) in [5, 5.41) is 9.30. The normalized spacial score (nSPS) is 9.65. The van der Waals surface area contributed by atoms with Crippen LogP contribution in [0.25, 0.3) is 0 Å². The fourth-order valence-corrected chi connectivity index (χ4v) is 1.10. The van der Waals surface area contributed by atoms with Crippen molar-refractivity contribution in [3.8, 4) is 5.75 Å². The highest BCUT2D eigenvalue weighted by Crippen LogP contribution is 2.20. The molecule has 1 rings (SSSR count). The molecule has 0 aliphatic carbocycles. The van der Waals surface area contributed by atoms with Crippen LogP contribution in [-0.4, -0.2) is 23.5 Å². The molecule has 0 amide bonds. The summed E-state index contributed by atoms with van der Waals surface area (Å²) in [6, 6.07) is 4.06. The number of phenolic OH excluding ortho intramolecular Hbond substituents is 1. The second-order valence-corrected chi connectivity index (χ2v) is 3.33. The maximum absolute atomic E-state index is 11.5. The molecule has 0 atom stereocenters. The van der Waals surface area contributed by atoms with Gasteiger partial charge in [0.1, 0.15) is 5.75 Å². The molecule has 0 aliphatic heterocycles. The van der Waals surface area contributed by atoms with Gasteiger partial charge in [0, 0.05) is 6.42 Å². The molecule has 5 heteroatoms. The van der Waals surface area contributed by atoms with Gasteiger partial charge in [0.15, 0.2) is 5.78 Å². The molecule has 0 heterocycles. The van der Waals surface area contributed by atoms with E-state index in [1.807, 2.05) is 0 Å². The standard InChI is InChI=1S/C12H13NO4/c1-2-9(14)5-6-17-12(16)8-3-4-10(13)11(15)7-8/h2-4,7,15H,1,5-6,13H2. The number of anilines is 1. The van der Waals surface area contributed by atoms with Gasteiger partial charge in [0.2, 0.25) is 0 Å². The summed E-state index contributed by atoms with van der Waals surface area (Å²) in [4.78, 5) is 22.3. The molecule has 0 aliphatic rings. The minimum atomic E-state index is -0.614. The van der Waals surface area contributed by atoms with Gasteiger partial charge in [-0.25, -0.2) is 4.79 Å². The number of rotatable bonds is 5. The molecule has 1 aromatic rings. The van der Waals surface area contributed by atoms with Crippen LogP contribution in [0.5, 0.6) is 5.75 Å². The zero-order valence-corrected chi connectivity index (χ0v) is 9.18. The fourth-order valence-electron chi connectivity index (χ4n) is 1.10. The largest absolute Gasteiger partial charge is 0.506 e. The van der Waals surface area contributed by atoms with Crippen LogP contribution in [0.2, 0.25) is 0 Å². The molecule has 90 valence electrons. The Hall–Kier alpha value is -2.30. The number of nitrogens with two attached hydrogens (primary N) is 1. The Morgan fingerprint density at radius 1 is 1.47 bits per heavy atom. The van der Waals surface area contributed by atoms with Crippen LogP contribution < -0.4 is 5.73 Å². The van der Waals surface area contributed by atoms with Gasteiger partial charge < -0.3 is 15.6 Å². The molecule has 0 radical (unpaired) electrons. The van der Waals surface area contributed by atoms with E-state index in [2.05, 4.69) is 6.58 Å². The Morgan fingerprint density at radius 2 is 2.18 bits per heavy atom. The summed E-state index contributed by atoms with van der Waals surface area (Å²) in [5.41, 5.74) is 5.76. The molecule has 0 saturated heterocycles. The van der Waals surface area contributed by atoms with Gasteiger partial charge in [-0.05, 0) is 24.3 Å². The summed E-state index contributed by atoms with van der Waals surface area (Å²) in [6.45, 7) is 3.28. The van der Waals surface area contributed by atoms with Crippen molar-refractivity contribution < 1.29 is 19.4 Å². The number of aromatic hydroxyl groups is 1. The second kappa shape index (κ2) is 5.69. The lowest BCUT2D eigenvalue weighted by molar-refractivity contribution is -0.115. The topological polar surface area (TPSA) is 89.6 Å². The van der Waals surface area contributed by atoms with Crippen LogP contribution in [-0.2, 0) is 9.53 Å². The van der Waals surface area contributed by atoms with Gasteiger partial charge in [0.25, 0.3) is 0 Å². The number of ether oxygens (including phenoxy) is 1. The Balaban J connectivity index is 2.55. The Morgan fingerprint density at radius 3 is 2.76 bits per heavy atom. The Bertz CT molecular complexity index is 454. The average molecular weight is 235 g/mol. The molecule has 17 heavy (non-hydrogen) atoms. The lowest BCUT2D eigenvalue weighted by atomic mass is 10.2. The SMILES string of the molecule is C=CC(=O)CCOC(=O)c1ccc(N)c(O)c1. The second-order valence-electron chi connectivity index (χ2n) is 3.33. The highest BCUT2D eigenvalue weighted by molar-refractivity contribution is 5.91. The van der Waals surface area contributed by atoms with E-state index in [1.165, 1.54) is 24.3 Å². The number of carbonyl (C=O) groups excluding carboxylic acids is 2. The number of phenols is 1. The molecular weight excluding hydrogens is 222 g/mol. The predicted octanol–water partition coefficient (Wildman–Crippen LogP) is 1.28. The van der Waals surface area contributed by atoms with Crippen molar-refractivity contribution in [2.24, 2.45) is 0 Å². The van der Waals surface area contributed by atoms with E-state index in [4.69, 9.17) is 10.5 Å². The van der Waals surface area contributed by atoms with E-state index in [1.54, 1.807) is 0 Å². The van der Waals surface area contributed by atoms with Crippen LogP contribution in [0, 0.1) is 0 Å². The van der Waals surface area contributed by atoms with Crippen LogP contribution in [0.3, 0.4) is 0 Å². The van der Waals surface area contributed by atoms with Gasteiger partial charge in [-0.2, -0.15) is 0 Å². The smallest absolute Gasteiger partial charge is 0.338 e. The number of esters is 1. The van der Waals surface area contributed by atoms with Crippen molar-refractivity contribution in [2.45, 2.75) is 6.42 Å². The minimum Gasteiger partial charge on any atom is -0.506 e. The molecule has 0 bridgehead atoms. The summed E-state index contributed by atoms with van der Waals surface area (Å²) < 4.78 is 4.84. The number of ketones is 1. The molecule has 0 aromatic heterocycles. The van der Waals surface area contributed by atoms with Crippen molar-refractivity contribution in [3.05, 3.63) is 36.4 Å².